The van der Waals surface area contributed by atoms with E-state index in [1.807, 2.05) is 36.2 Å². The minimum atomic E-state index is -0.804. The average Bonchev–Trinajstić information content (AvgIpc) is 3.16. The molecule has 0 aliphatic carbocycles. The quantitative estimate of drug-likeness (QED) is 0.827. The molecule has 3 rings (SSSR count). The lowest BCUT2D eigenvalue weighted by Gasteiger charge is -2.24. The number of fused-ring (bicyclic) bond motifs is 1. The van der Waals surface area contributed by atoms with Gasteiger partial charge in [0.25, 0.3) is 0 Å². The van der Waals surface area contributed by atoms with Crippen molar-refractivity contribution in [2.24, 2.45) is 7.05 Å². The molecule has 128 valence electrons. The number of carbonyl (C=O) groups is 2. The lowest BCUT2D eigenvalue weighted by molar-refractivity contribution is -0.137. The van der Waals surface area contributed by atoms with Crippen molar-refractivity contribution >= 4 is 22.9 Å². The van der Waals surface area contributed by atoms with E-state index in [0.717, 1.165) is 36.2 Å². The summed E-state index contributed by atoms with van der Waals surface area (Å²) < 4.78 is 2.08. The Morgan fingerprint density at radius 1 is 1.25 bits per heavy atom. The molecule has 0 spiro atoms. The SMILES string of the molecule is Cn1c(C2CCCN2C(=O)CCCCC(=O)O)nc2ccccc21. The minimum Gasteiger partial charge on any atom is -0.481 e. The van der Waals surface area contributed by atoms with E-state index in [-0.39, 0.29) is 18.4 Å². The van der Waals surface area contributed by atoms with Gasteiger partial charge in [-0.25, -0.2) is 4.98 Å². The highest BCUT2D eigenvalue weighted by atomic mass is 16.4. The lowest BCUT2D eigenvalue weighted by Crippen LogP contribution is -2.31. The van der Waals surface area contributed by atoms with Crippen LogP contribution in [0.25, 0.3) is 11.0 Å². The van der Waals surface area contributed by atoms with E-state index in [2.05, 4.69) is 4.57 Å². The number of aryl methyl sites for hydroxylation is 1. The number of benzene rings is 1. The van der Waals surface area contributed by atoms with E-state index in [4.69, 9.17) is 10.1 Å². The number of amides is 1. The first-order valence-electron chi connectivity index (χ1n) is 8.50. The summed E-state index contributed by atoms with van der Waals surface area (Å²) in [5.74, 6) is 0.240. The molecule has 1 aromatic heterocycles. The highest BCUT2D eigenvalue weighted by Gasteiger charge is 2.32. The number of para-hydroxylation sites is 2. The Balaban J connectivity index is 1.71. The second kappa shape index (κ2) is 7.03. The number of unbranched alkanes of at least 4 members (excludes halogenated alkanes) is 1. The number of imidazole rings is 1. The fourth-order valence-electron chi connectivity index (χ4n) is 3.49. The van der Waals surface area contributed by atoms with Crippen LogP contribution in [0.1, 0.15) is 50.4 Å². The summed E-state index contributed by atoms with van der Waals surface area (Å²) in [5.41, 5.74) is 2.03. The molecule has 2 aromatic rings. The van der Waals surface area contributed by atoms with Gasteiger partial charge in [0.05, 0.1) is 17.1 Å². The van der Waals surface area contributed by atoms with Crippen LogP contribution in [0.2, 0.25) is 0 Å². The van der Waals surface area contributed by atoms with Gasteiger partial charge in [0, 0.05) is 26.4 Å². The fraction of sp³-hybridized carbons (Fsp3) is 0.500. The third-order valence-corrected chi connectivity index (χ3v) is 4.72. The molecule has 1 aromatic carbocycles. The number of carboxylic acid groups (broad SMARTS) is 1. The van der Waals surface area contributed by atoms with Crippen LogP contribution in [0.4, 0.5) is 0 Å². The molecule has 0 radical (unpaired) electrons. The molecule has 1 aliphatic heterocycles. The molecule has 6 nitrogen and oxygen atoms in total. The Hall–Kier alpha value is -2.37. The van der Waals surface area contributed by atoms with Crippen LogP contribution in [-0.2, 0) is 16.6 Å². The smallest absolute Gasteiger partial charge is 0.303 e. The molecule has 1 saturated heterocycles. The number of hydrogen-bond acceptors (Lipinski definition) is 3. The van der Waals surface area contributed by atoms with Crippen LogP contribution >= 0.6 is 0 Å². The number of carbonyl (C=O) groups excluding carboxylic acids is 1. The van der Waals surface area contributed by atoms with Crippen LogP contribution in [0.5, 0.6) is 0 Å². The van der Waals surface area contributed by atoms with Gasteiger partial charge < -0.3 is 14.6 Å². The van der Waals surface area contributed by atoms with Crippen LogP contribution in [0.3, 0.4) is 0 Å². The maximum Gasteiger partial charge on any atom is 0.303 e. The summed E-state index contributed by atoms with van der Waals surface area (Å²) >= 11 is 0. The van der Waals surface area contributed by atoms with E-state index in [1.165, 1.54) is 0 Å². The molecule has 24 heavy (non-hydrogen) atoms. The van der Waals surface area contributed by atoms with Gasteiger partial charge >= 0.3 is 5.97 Å². The van der Waals surface area contributed by atoms with E-state index >= 15 is 0 Å². The molecule has 1 unspecified atom stereocenters. The summed E-state index contributed by atoms with van der Waals surface area (Å²) in [6, 6.07) is 8.02. The zero-order valence-electron chi connectivity index (χ0n) is 13.9. The summed E-state index contributed by atoms with van der Waals surface area (Å²) in [5, 5.41) is 8.67. The number of rotatable bonds is 6. The summed E-state index contributed by atoms with van der Waals surface area (Å²) in [4.78, 5) is 29.8. The van der Waals surface area contributed by atoms with E-state index in [0.29, 0.717) is 19.3 Å². The van der Waals surface area contributed by atoms with E-state index < -0.39 is 5.97 Å². The van der Waals surface area contributed by atoms with Gasteiger partial charge in [0.1, 0.15) is 5.82 Å². The fourth-order valence-corrected chi connectivity index (χ4v) is 3.49. The van der Waals surface area contributed by atoms with Crippen LogP contribution < -0.4 is 0 Å². The van der Waals surface area contributed by atoms with Gasteiger partial charge in [0.2, 0.25) is 5.91 Å². The van der Waals surface area contributed by atoms with E-state index in [9.17, 15) is 9.59 Å². The van der Waals surface area contributed by atoms with Crippen molar-refractivity contribution in [3.63, 3.8) is 0 Å². The molecule has 0 saturated carbocycles. The number of likely N-dealkylation sites (tertiary alicyclic amines) is 1. The number of carboxylic acids is 1. The number of nitrogens with zero attached hydrogens (tertiary/aromatic N) is 3. The number of hydrogen-bond donors (Lipinski definition) is 1. The second-order valence-electron chi connectivity index (χ2n) is 6.36. The Labute approximate surface area is 141 Å². The largest absolute Gasteiger partial charge is 0.481 e. The second-order valence-corrected chi connectivity index (χ2v) is 6.36. The third-order valence-electron chi connectivity index (χ3n) is 4.72. The minimum absolute atomic E-state index is 0.0226. The van der Waals surface area contributed by atoms with Crippen molar-refractivity contribution in [2.45, 2.75) is 44.6 Å². The summed E-state index contributed by atoms with van der Waals surface area (Å²) in [6.07, 6.45) is 3.62. The van der Waals surface area contributed by atoms with Crippen molar-refractivity contribution in [1.82, 2.24) is 14.5 Å². The molecule has 1 amide bonds. The Kier molecular flexibility index (Phi) is 4.83. The van der Waals surface area contributed by atoms with Crippen molar-refractivity contribution in [3.8, 4) is 0 Å². The number of aromatic nitrogens is 2. The predicted molar refractivity (Wildman–Crippen MR) is 90.5 cm³/mol. The number of aliphatic carboxylic acids is 1. The van der Waals surface area contributed by atoms with Gasteiger partial charge in [-0.2, -0.15) is 0 Å². The van der Waals surface area contributed by atoms with Crippen LogP contribution in [0, 0.1) is 0 Å². The zero-order valence-corrected chi connectivity index (χ0v) is 13.9. The maximum absolute atomic E-state index is 12.5. The van der Waals surface area contributed by atoms with Gasteiger partial charge in [-0.05, 0) is 37.8 Å². The Morgan fingerprint density at radius 2 is 2.00 bits per heavy atom. The first-order valence-corrected chi connectivity index (χ1v) is 8.50. The highest BCUT2D eigenvalue weighted by Crippen LogP contribution is 2.33. The predicted octanol–water partition coefficient (Wildman–Crippen LogP) is 2.88. The molecular formula is C18H23N3O3. The van der Waals surface area contributed by atoms with Crippen molar-refractivity contribution in [2.75, 3.05) is 6.54 Å². The van der Waals surface area contributed by atoms with Crippen LogP contribution in [0.15, 0.2) is 24.3 Å². The Bertz CT molecular complexity index is 753. The normalized spacial score (nSPS) is 17.5. The van der Waals surface area contributed by atoms with Gasteiger partial charge in [-0.15, -0.1) is 0 Å². The first kappa shape index (κ1) is 16.5. The van der Waals surface area contributed by atoms with Gasteiger partial charge in [-0.3, -0.25) is 9.59 Å². The summed E-state index contributed by atoms with van der Waals surface area (Å²) in [7, 11) is 2.00. The topological polar surface area (TPSA) is 75.4 Å². The van der Waals surface area contributed by atoms with Gasteiger partial charge in [-0.1, -0.05) is 12.1 Å². The van der Waals surface area contributed by atoms with Crippen LogP contribution in [-0.4, -0.2) is 38.0 Å². The molecule has 6 heteroatoms. The maximum atomic E-state index is 12.5. The first-order chi connectivity index (χ1) is 11.6. The standard InChI is InChI=1S/C18H23N3O3/c1-20-14-8-3-2-7-13(14)19-18(20)15-9-6-12-21(15)16(22)10-4-5-11-17(23)24/h2-3,7-8,15H,4-6,9-12H2,1H3,(H,23,24). The zero-order chi connectivity index (χ0) is 17.1. The monoisotopic (exact) mass is 329 g/mol. The Morgan fingerprint density at radius 3 is 2.75 bits per heavy atom. The molecule has 2 heterocycles. The van der Waals surface area contributed by atoms with Gasteiger partial charge in [0.15, 0.2) is 0 Å². The molecule has 1 aliphatic rings. The van der Waals surface area contributed by atoms with Crippen molar-refractivity contribution in [3.05, 3.63) is 30.1 Å². The molecular weight excluding hydrogens is 306 g/mol. The average molecular weight is 329 g/mol. The third kappa shape index (κ3) is 3.27. The highest BCUT2D eigenvalue weighted by molar-refractivity contribution is 5.78. The molecule has 1 fully saturated rings. The van der Waals surface area contributed by atoms with Crippen molar-refractivity contribution in [1.29, 1.82) is 0 Å². The van der Waals surface area contributed by atoms with Crippen molar-refractivity contribution < 1.29 is 14.7 Å². The lowest BCUT2D eigenvalue weighted by atomic mass is 10.1. The summed E-state index contributed by atoms with van der Waals surface area (Å²) in [6.45, 7) is 0.756. The van der Waals surface area contributed by atoms with E-state index in [1.54, 1.807) is 0 Å². The molecule has 0 bridgehead atoms. The molecule has 1 N–H and O–H groups in total. The molecule has 1 atom stereocenters.